The number of Topliss-reactive ketones (excluding diaryl/α,β-unsaturated/α-hetero) is 1. The molecule has 0 radical (unpaired) electrons. The van der Waals surface area contributed by atoms with Crippen LogP contribution in [0.5, 0.6) is 0 Å². The first-order valence-corrected chi connectivity index (χ1v) is 17.2. The minimum Gasteiger partial charge on any atom is -0.324 e. The van der Waals surface area contributed by atoms with Gasteiger partial charge < -0.3 is 10.0 Å². The number of fused-ring (bicyclic) bond motifs is 1. The van der Waals surface area contributed by atoms with Gasteiger partial charge in [0.15, 0.2) is 5.78 Å². The van der Waals surface area contributed by atoms with E-state index in [-0.39, 0.29) is 11.6 Å². The molecule has 1 aliphatic rings. The molecular weight excluding hydrogens is 580 g/mol. The molecule has 0 saturated heterocycles. The fraction of sp³-hybridized carbons (Fsp3) is 0.515. The Morgan fingerprint density at radius 2 is 1.88 bits per heavy atom. The second kappa shape index (κ2) is 19.6. The van der Waals surface area contributed by atoms with Crippen molar-refractivity contribution >= 4 is 47.8 Å². The van der Waals surface area contributed by atoms with Gasteiger partial charge in [-0.3, -0.25) is 9.69 Å². The van der Waals surface area contributed by atoms with Crippen LogP contribution >= 0.6 is 24.6 Å². The number of benzene rings is 1. The summed E-state index contributed by atoms with van der Waals surface area (Å²) in [6.45, 7) is 12.6. The van der Waals surface area contributed by atoms with Gasteiger partial charge in [-0.2, -0.15) is 12.6 Å². The quantitative estimate of drug-likeness (QED) is 0.0984. The number of nitrogens with one attached hydrogen (secondary N) is 2. The number of ketones is 1. The lowest BCUT2D eigenvalue weighted by Gasteiger charge is -2.28. The lowest BCUT2D eigenvalue weighted by molar-refractivity contribution is 0.0979. The van der Waals surface area contributed by atoms with Gasteiger partial charge in [0, 0.05) is 61.0 Å². The van der Waals surface area contributed by atoms with Crippen LogP contribution < -0.4 is 10.0 Å². The van der Waals surface area contributed by atoms with Crippen LogP contribution in [0.1, 0.15) is 93.4 Å². The summed E-state index contributed by atoms with van der Waals surface area (Å²) in [4.78, 5) is 27.5. The molecular formula is C33H49FN6OS2. The normalized spacial score (nSPS) is 12.9. The lowest BCUT2D eigenvalue weighted by atomic mass is 9.99. The highest BCUT2D eigenvalue weighted by atomic mass is 32.2. The Labute approximate surface area is 267 Å². The van der Waals surface area contributed by atoms with E-state index in [1.165, 1.54) is 48.9 Å². The molecule has 0 amide bonds. The first-order valence-electron chi connectivity index (χ1n) is 15.1. The van der Waals surface area contributed by atoms with Crippen molar-refractivity contribution in [3.63, 3.8) is 0 Å². The maximum absolute atomic E-state index is 13.6. The average molecular weight is 629 g/mol. The minimum absolute atomic E-state index is 0.198. The van der Waals surface area contributed by atoms with Gasteiger partial charge in [-0.15, -0.1) is 0 Å². The molecule has 3 heterocycles. The number of nitrogens with zero attached hydrogens (tertiary/aromatic N) is 4. The monoisotopic (exact) mass is 628 g/mol. The molecule has 2 N–H and O–H groups in total. The molecule has 0 aliphatic carbocycles. The topological polar surface area (TPSA) is 83.0 Å². The summed E-state index contributed by atoms with van der Waals surface area (Å²) in [7, 11) is 0. The number of carbonyl (C=O) groups is 1. The van der Waals surface area contributed by atoms with Crippen molar-refractivity contribution in [2.75, 3.05) is 22.6 Å². The number of pyridine rings is 1. The van der Waals surface area contributed by atoms with E-state index in [1.54, 1.807) is 24.6 Å². The number of rotatable bonds is 13. The van der Waals surface area contributed by atoms with E-state index >= 15 is 0 Å². The molecule has 1 aromatic carbocycles. The zero-order valence-electron chi connectivity index (χ0n) is 26.8. The third-order valence-electron chi connectivity index (χ3n) is 6.91. The lowest BCUT2D eigenvalue weighted by Crippen LogP contribution is -2.31. The summed E-state index contributed by atoms with van der Waals surface area (Å²) in [5, 5.41) is 3.14. The van der Waals surface area contributed by atoms with E-state index in [1.807, 2.05) is 25.4 Å². The van der Waals surface area contributed by atoms with Gasteiger partial charge in [0.05, 0.1) is 5.69 Å². The predicted molar refractivity (Wildman–Crippen MR) is 184 cm³/mol. The first kappa shape index (κ1) is 36.5. The number of anilines is 3. The van der Waals surface area contributed by atoms with Crippen LogP contribution in [0, 0.1) is 18.7 Å². The number of carbonyl (C=O) groups excluding carboxylic acids is 1. The molecule has 0 unspecified atom stereocenters. The summed E-state index contributed by atoms with van der Waals surface area (Å²) in [6.07, 6.45) is 13.4. The number of thiol groups is 1. The highest BCUT2D eigenvalue weighted by Crippen LogP contribution is 2.28. The Morgan fingerprint density at radius 3 is 2.53 bits per heavy atom. The smallest absolute Gasteiger partial charge is 0.227 e. The van der Waals surface area contributed by atoms with Crippen LogP contribution in [0.15, 0.2) is 42.7 Å². The van der Waals surface area contributed by atoms with Crippen molar-refractivity contribution in [2.45, 2.75) is 92.3 Å². The van der Waals surface area contributed by atoms with Crippen LogP contribution in [0.2, 0.25) is 0 Å². The molecule has 7 nitrogen and oxygen atoms in total. The Bertz CT molecular complexity index is 1260. The summed E-state index contributed by atoms with van der Waals surface area (Å²) >= 11 is 5.00. The van der Waals surface area contributed by atoms with Crippen LogP contribution in [0.3, 0.4) is 0 Å². The average Bonchev–Trinajstić information content (AvgIpc) is 3.40. The molecule has 0 saturated carbocycles. The number of hydrogen-bond donors (Lipinski definition) is 3. The third-order valence-corrected chi connectivity index (χ3v) is 7.32. The highest BCUT2D eigenvalue weighted by molar-refractivity contribution is 7.99. The fourth-order valence-electron chi connectivity index (χ4n) is 5.01. The second-order valence-corrected chi connectivity index (χ2v) is 11.7. The Kier molecular flexibility index (Phi) is 16.6. The number of aryl methyl sites for hydroxylation is 1. The van der Waals surface area contributed by atoms with E-state index < -0.39 is 0 Å². The zero-order valence-corrected chi connectivity index (χ0v) is 28.5. The predicted octanol–water partition coefficient (Wildman–Crippen LogP) is 8.89. The van der Waals surface area contributed by atoms with Gasteiger partial charge in [-0.25, -0.2) is 19.3 Å². The number of unbranched alkanes of at least 4 members (excludes halogenated alkanes) is 1. The van der Waals surface area contributed by atoms with Gasteiger partial charge in [-0.05, 0) is 74.3 Å². The first-order chi connectivity index (χ1) is 20.7. The highest BCUT2D eigenvalue weighted by Gasteiger charge is 2.27. The fourth-order valence-corrected chi connectivity index (χ4v) is 5.33. The van der Waals surface area contributed by atoms with E-state index in [4.69, 9.17) is 4.98 Å². The molecule has 3 aromatic rings. The summed E-state index contributed by atoms with van der Waals surface area (Å²) in [5.41, 5.74) is 4.59. The standard InChI is InChI=1S/C21H29FN4.C11H16N2OS.CH4S/c1-5-6-19(7-14(2)3)26-12-16-11-23-21(25-20(16)13-26)24-18-9-15(4)8-17(22)10-18;1-3-4-5-10(14)9-6-7-12-11(8-9)13-15-2;1-2/h8-11,14,19H,5-7,12-13H2,1-4H3,(H,23,24,25);6-8H,3-5H2,1-2H3,(H,12,13);2H,1H3/t19-;;/m1../s1. The van der Waals surface area contributed by atoms with Gasteiger partial charge in [0.1, 0.15) is 11.6 Å². The Hall–Kier alpha value is -2.69. The van der Waals surface area contributed by atoms with Gasteiger partial charge >= 0.3 is 0 Å². The zero-order chi connectivity index (χ0) is 31.8. The van der Waals surface area contributed by atoms with Crippen molar-refractivity contribution in [3.05, 3.63) is 70.9 Å². The Morgan fingerprint density at radius 1 is 1.12 bits per heavy atom. The molecule has 10 heteroatoms. The van der Waals surface area contributed by atoms with Crippen molar-refractivity contribution in [1.29, 1.82) is 0 Å². The maximum Gasteiger partial charge on any atom is 0.227 e. The molecule has 236 valence electrons. The van der Waals surface area contributed by atoms with E-state index in [0.717, 1.165) is 48.6 Å². The SMILES string of the molecule is CCCCC(=O)c1ccnc(NSC)c1.CCC[C@H](CC(C)C)N1Cc2cnc(Nc3cc(C)cc(F)c3)nc2C1.CS. The number of halogens is 1. The number of hydrogen-bond acceptors (Lipinski definition) is 9. The van der Waals surface area contributed by atoms with Crippen LogP contribution in [-0.2, 0) is 13.1 Å². The van der Waals surface area contributed by atoms with Gasteiger partial charge in [0.2, 0.25) is 5.95 Å². The van der Waals surface area contributed by atoms with Crippen LogP contribution in [0.25, 0.3) is 0 Å². The number of aromatic nitrogens is 3. The van der Waals surface area contributed by atoms with Crippen molar-refractivity contribution in [2.24, 2.45) is 5.92 Å². The molecule has 1 atom stereocenters. The van der Waals surface area contributed by atoms with Gasteiger partial charge in [0.25, 0.3) is 0 Å². The van der Waals surface area contributed by atoms with Crippen LogP contribution in [0.4, 0.5) is 21.8 Å². The van der Waals surface area contributed by atoms with Crippen LogP contribution in [-0.4, -0.2) is 44.2 Å². The van der Waals surface area contributed by atoms with Gasteiger partial charge in [-0.1, -0.05) is 52.5 Å². The molecule has 43 heavy (non-hydrogen) atoms. The van der Waals surface area contributed by atoms with E-state index in [2.05, 4.69) is 65.2 Å². The van der Waals surface area contributed by atoms with E-state index in [0.29, 0.717) is 30.0 Å². The third kappa shape index (κ3) is 12.4. The van der Waals surface area contributed by atoms with Crippen molar-refractivity contribution in [3.8, 4) is 0 Å². The Balaban J connectivity index is 0.000000324. The summed E-state index contributed by atoms with van der Waals surface area (Å²) < 4.78 is 16.6. The molecule has 0 fully saturated rings. The van der Waals surface area contributed by atoms with E-state index in [9.17, 15) is 9.18 Å². The van der Waals surface area contributed by atoms with Crippen molar-refractivity contribution < 1.29 is 9.18 Å². The molecule has 0 spiro atoms. The largest absolute Gasteiger partial charge is 0.324 e. The van der Waals surface area contributed by atoms with Crippen molar-refractivity contribution in [1.82, 2.24) is 19.9 Å². The molecule has 2 aromatic heterocycles. The molecule has 1 aliphatic heterocycles. The minimum atomic E-state index is -0.254. The second-order valence-electron chi connectivity index (χ2n) is 11.0. The summed E-state index contributed by atoms with van der Waals surface area (Å²) in [6, 6.07) is 9.03. The summed E-state index contributed by atoms with van der Waals surface area (Å²) in [5.74, 6) is 1.91. The maximum atomic E-state index is 13.6. The molecule has 4 rings (SSSR count). The molecule has 0 bridgehead atoms.